The van der Waals surface area contributed by atoms with Gasteiger partial charge in [-0.3, -0.25) is 4.90 Å². The molecular weight excluding hydrogens is 478 g/mol. The maximum absolute atomic E-state index is 12.2. The molecule has 1 atom stereocenters. The fourth-order valence-electron chi connectivity index (χ4n) is 3.21. The number of rotatable bonds is 6. The molecule has 1 aromatic heterocycles. The number of alkyl halides is 6. The fraction of sp³-hybridized carbons (Fsp3) is 0.478. The first-order valence-electron chi connectivity index (χ1n) is 10.9. The van der Waals surface area contributed by atoms with Gasteiger partial charge in [0.1, 0.15) is 0 Å². The largest absolute Gasteiger partial charge is 0.468 e. The summed E-state index contributed by atoms with van der Waals surface area (Å²) < 4.78 is 76.6. The van der Waals surface area contributed by atoms with Crippen LogP contribution in [0.4, 0.5) is 31.1 Å². The van der Waals surface area contributed by atoms with Crippen LogP contribution in [0.5, 0.6) is 5.88 Å². The highest BCUT2D eigenvalue weighted by Gasteiger charge is 2.34. The number of hydrogen-bond donors (Lipinski definition) is 2. The average molecular weight is 509 g/mol. The zero-order chi connectivity index (χ0) is 26.5. The Morgan fingerprint density at radius 2 is 1.77 bits per heavy atom. The van der Waals surface area contributed by atoms with Crippen LogP contribution in [-0.4, -0.2) is 54.5 Å². The second-order valence-corrected chi connectivity index (χ2v) is 7.37. The summed E-state index contributed by atoms with van der Waals surface area (Å²) in [4.78, 5) is 15.5. The Labute approximate surface area is 200 Å². The third-order valence-corrected chi connectivity index (χ3v) is 4.60. The summed E-state index contributed by atoms with van der Waals surface area (Å²) in [6.45, 7) is 2.96. The molecule has 0 radical (unpaired) electrons. The van der Waals surface area contributed by atoms with E-state index in [1.807, 2.05) is 44.2 Å². The van der Waals surface area contributed by atoms with Gasteiger partial charge in [-0.25, -0.2) is 9.78 Å². The van der Waals surface area contributed by atoms with Crippen molar-refractivity contribution < 1.29 is 35.9 Å². The van der Waals surface area contributed by atoms with Crippen LogP contribution in [0, 0.1) is 0 Å². The van der Waals surface area contributed by atoms with E-state index in [4.69, 9.17) is 5.73 Å². The van der Waals surface area contributed by atoms with Crippen LogP contribution < -0.4 is 15.8 Å². The predicted octanol–water partition coefficient (Wildman–Crippen LogP) is 5.26. The van der Waals surface area contributed by atoms with Crippen LogP contribution in [0.15, 0.2) is 48.7 Å². The minimum atomic E-state index is -4.41. The van der Waals surface area contributed by atoms with Gasteiger partial charge >= 0.3 is 18.4 Å². The van der Waals surface area contributed by atoms with Crippen LogP contribution in [0.3, 0.4) is 0 Å². The number of primary amides is 1. The van der Waals surface area contributed by atoms with E-state index in [0.717, 1.165) is 12.0 Å². The zero-order valence-electron chi connectivity index (χ0n) is 19.5. The number of nitrogens with two attached hydrogens (primary N) is 1. The number of pyridine rings is 1. The highest BCUT2D eigenvalue weighted by atomic mass is 19.4. The van der Waals surface area contributed by atoms with Gasteiger partial charge in [0, 0.05) is 25.4 Å². The van der Waals surface area contributed by atoms with Crippen molar-refractivity contribution in [1.82, 2.24) is 15.2 Å². The van der Waals surface area contributed by atoms with Gasteiger partial charge in [-0.1, -0.05) is 44.2 Å². The lowest BCUT2D eigenvalue weighted by Gasteiger charge is -2.17. The van der Waals surface area contributed by atoms with Crippen molar-refractivity contribution in [3.63, 3.8) is 0 Å². The molecule has 2 aromatic rings. The second-order valence-electron chi connectivity index (χ2n) is 7.37. The van der Waals surface area contributed by atoms with E-state index in [-0.39, 0.29) is 18.3 Å². The molecule has 2 heterocycles. The number of amides is 2. The summed E-state index contributed by atoms with van der Waals surface area (Å²) in [5, 5.41) is 2.29. The highest BCUT2D eigenvalue weighted by molar-refractivity contribution is 5.71. The Kier molecular flexibility index (Phi) is 12.3. The molecule has 1 unspecified atom stereocenters. The molecule has 3 rings (SSSR count). The number of hydrogen-bond acceptors (Lipinski definition) is 4. The normalized spacial score (nSPS) is 15.8. The second kappa shape index (κ2) is 14.4. The van der Waals surface area contributed by atoms with E-state index in [1.54, 1.807) is 0 Å². The standard InChI is InChI=1S/C12H14F3N.C9H10F3N3O2.C2H6/c13-12(14,15)9-16-7-6-11(8-16)10-4-2-1-3-5-10;10-9(11,12)5-17-7-3-6(1-2-14-7)4-15-8(13)16;1-2/h1-5,11H,6-9H2;1-3H,4-5H2,(H3,13,15,16);1-2H3. The number of carbonyl (C=O) groups is 1. The highest BCUT2D eigenvalue weighted by Crippen LogP contribution is 2.29. The first-order valence-corrected chi connectivity index (χ1v) is 10.9. The van der Waals surface area contributed by atoms with Crippen LogP contribution in [-0.2, 0) is 6.54 Å². The summed E-state index contributed by atoms with van der Waals surface area (Å²) in [5.74, 6) is 0.0923. The van der Waals surface area contributed by atoms with E-state index in [0.29, 0.717) is 18.7 Å². The molecule has 1 aliphatic heterocycles. The Morgan fingerprint density at radius 1 is 1.11 bits per heavy atom. The summed E-state index contributed by atoms with van der Waals surface area (Å²) in [5.41, 5.74) is 6.53. The number of benzene rings is 1. The number of nitrogens with one attached hydrogen (secondary N) is 1. The summed E-state index contributed by atoms with van der Waals surface area (Å²) in [6, 6.07) is 11.9. The molecule has 12 heteroatoms. The van der Waals surface area contributed by atoms with Gasteiger partial charge in [0.15, 0.2) is 6.61 Å². The Morgan fingerprint density at radius 3 is 2.34 bits per heavy atom. The monoisotopic (exact) mass is 508 g/mol. The molecule has 0 saturated carbocycles. The number of aromatic nitrogens is 1. The number of nitrogens with zero attached hydrogens (tertiary/aromatic N) is 2. The van der Waals surface area contributed by atoms with E-state index in [9.17, 15) is 31.1 Å². The van der Waals surface area contributed by atoms with Crippen LogP contribution in [0.1, 0.15) is 37.3 Å². The van der Waals surface area contributed by atoms with Crippen molar-refractivity contribution in [3.05, 3.63) is 59.8 Å². The van der Waals surface area contributed by atoms with Crippen molar-refractivity contribution in [2.75, 3.05) is 26.2 Å². The van der Waals surface area contributed by atoms with Crippen molar-refractivity contribution in [3.8, 4) is 5.88 Å². The Hall–Kier alpha value is -3.02. The molecule has 0 spiro atoms. The third-order valence-electron chi connectivity index (χ3n) is 4.60. The SMILES string of the molecule is CC.FC(F)(F)CN1CCC(c2ccccc2)C1.NC(=O)NCc1ccnc(OCC(F)(F)F)c1. The molecule has 1 aromatic carbocycles. The number of urea groups is 1. The molecular formula is C23H30F6N4O2. The molecule has 35 heavy (non-hydrogen) atoms. The minimum Gasteiger partial charge on any atom is -0.468 e. The van der Waals surface area contributed by atoms with Crippen molar-refractivity contribution in [1.29, 1.82) is 0 Å². The third kappa shape index (κ3) is 13.5. The smallest absolute Gasteiger partial charge is 0.422 e. The lowest BCUT2D eigenvalue weighted by molar-refractivity contribution is -0.154. The van der Waals surface area contributed by atoms with Gasteiger partial charge in [-0.15, -0.1) is 0 Å². The predicted molar refractivity (Wildman–Crippen MR) is 120 cm³/mol. The molecule has 3 N–H and O–H groups in total. The number of ether oxygens (including phenoxy) is 1. The molecule has 1 fully saturated rings. The van der Waals surface area contributed by atoms with Gasteiger partial charge in [0.2, 0.25) is 5.88 Å². The topological polar surface area (TPSA) is 80.5 Å². The molecule has 6 nitrogen and oxygen atoms in total. The van der Waals surface area contributed by atoms with Crippen molar-refractivity contribution >= 4 is 6.03 Å². The number of halogens is 6. The Balaban J connectivity index is 0.000000327. The van der Waals surface area contributed by atoms with E-state index in [1.165, 1.54) is 23.2 Å². The van der Waals surface area contributed by atoms with Gasteiger partial charge in [0.25, 0.3) is 0 Å². The minimum absolute atomic E-state index is 0.0975. The average Bonchev–Trinajstić information content (AvgIpc) is 3.25. The maximum atomic E-state index is 12.2. The van der Waals surface area contributed by atoms with Crippen LogP contribution in [0.25, 0.3) is 0 Å². The molecule has 1 saturated heterocycles. The van der Waals surface area contributed by atoms with Gasteiger partial charge in [0.05, 0.1) is 6.54 Å². The lowest BCUT2D eigenvalue weighted by Crippen LogP contribution is -2.32. The quantitative estimate of drug-likeness (QED) is 0.522. The zero-order valence-corrected chi connectivity index (χ0v) is 19.5. The number of likely N-dealkylation sites (tertiary alicyclic amines) is 1. The fourth-order valence-corrected chi connectivity index (χ4v) is 3.21. The molecule has 196 valence electrons. The molecule has 0 bridgehead atoms. The van der Waals surface area contributed by atoms with Crippen molar-refractivity contribution in [2.24, 2.45) is 5.73 Å². The maximum Gasteiger partial charge on any atom is 0.422 e. The number of carbonyl (C=O) groups excluding carboxylic acids is 1. The van der Waals surface area contributed by atoms with Gasteiger partial charge in [-0.05, 0) is 36.1 Å². The Bertz CT molecular complexity index is 878. The summed E-state index contributed by atoms with van der Waals surface area (Å²) in [7, 11) is 0. The first kappa shape index (κ1) is 30.0. The summed E-state index contributed by atoms with van der Waals surface area (Å²) in [6.07, 6.45) is -6.39. The summed E-state index contributed by atoms with van der Waals surface area (Å²) >= 11 is 0. The lowest BCUT2D eigenvalue weighted by atomic mass is 9.99. The van der Waals surface area contributed by atoms with Crippen LogP contribution >= 0.6 is 0 Å². The van der Waals surface area contributed by atoms with Crippen molar-refractivity contribution in [2.45, 2.75) is 45.1 Å². The van der Waals surface area contributed by atoms with Gasteiger partial charge < -0.3 is 15.8 Å². The molecule has 1 aliphatic rings. The van der Waals surface area contributed by atoms with E-state index in [2.05, 4.69) is 15.0 Å². The van der Waals surface area contributed by atoms with E-state index < -0.39 is 31.5 Å². The van der Waals surface area contributed by atoms with Gasteiger partial charge in [-0.2, -0.15) is 26.3 Å². The first-order chi connectivity index (χ1) is 16.4. The molecule has 2 amide bonds. The van der Waals surface area contributed by atoms with E-state index >= 15 is 0 Å². The molecule has 0 aliphatic carbocycles. The van der Waals surface area contributed by atoms with Crippen LogP contribution in [0.2, 0.25) is 0 Å².